The molecule has 1 atom stereocenters. The molecule has 1 aromatic carbocycles. The van der Waals surface area contributed by atoms with Crippen molar-refractivity contribution >= 4 is 29.5 Å². The maximum absolute atomic E-state index is 13.9. The summed E-state index contributed by atoms with van der Waals surface area (Å²) < 4.78 is 56.8. The fraction of sp³-hybridized carbons (Fsp3) is 0.438. The highest BCUT2D eigenvalue weighted by atomic mass is 35.5. The average molecular weight is 406 g/mol. The monoisotopic (exact) mass is 405 g/mol. The molecule has 0 saturated carbocycles. The van der Waals surface area contributed by atoms with Crippen LogP contribution in [0.25, 0.3) is 0 Å². The number of morpholine rings is 1. The fourth-order valence-corrected chi connectivity index (χ4v) is 2.65. The van der Waals surface area contributed by atoms with Crippen LogP contribution in [-0.2, 0) is 19.0 Å². The molecule has 0 aromatic heterocycles. The van der Waals surface area contributed by atoms with E-state index in [1.807, 2.05) is 0 Å². The molecule has 7 nitrogen and oxygen atoms in total. The minimum Gasteiger partial charge on any atom is -0.465 e. The lowest BCUT2D eigenvalue weighted by atomic mass is 10.1. The van der Waals surface area contributed by atoms with Gasteiger partial charge < -0.3 is 19.1 Å². The van der Waals surface area contributed by atoms with Crippen LogP contribution in [0.5, 0.6) is 0 Å². The van der Waals surface area contributed by atoms with Crippen LogP contribution in [0, 0.1) is 0 Å². The average Bonchev–Trinajstić information content (AvgIpc) is 2.67. The number of hydrogen-bond donors (Lipinski definition) is 0. The quantitative estimate of drug-likeness (QED) is 0.706. The first-order valence-corrected chi connectivity index (χ1v) is 8.26. The molecule has 1 aromatic rings. The number of esters is 1. The predicted octanol–water partition coefficient (Wildman–Crippen LogP) is 2.24. The van der Waals surface area contributed by atoms with Gasteiger partial charge in [0.1, 0.15) is 0 Å². The molecule has 2 aliphatic rings. The van der Waals surface area contributed by atoms with E-state index in [1.54, 1.807) is 0 Å². The summed E-state index contributed by atoms with van der Waals surface area (Å²) in [7, 11) is 0.840. The Bertz CT molecular complexity index is 776. The number of benzene rings is 1. The van der Waals surface area contributed by atoms with Gasteiger partial charge >= 0.3 is 17.8 Å². The number of halogens is 4. The van der Waals surface area contributed by atoms with Crippen LogP contribution in [0.15, 0.2) is 34.3 Å². The van der Waals surface area contributed by atoms with Crippen molar-refractivity contribution < 1.29 is 32.2 Å². The van der Waals surface area contributed by atoms with Crippen LogP contribution in [-0.4, -0.2) is 68.0 Å². The lowest BCUT2D eigenvalue weighted by Gasteiger charge is -2.35. The van der Waals surface area contributed by atoms with Gasteiger partial charge in [0.2, 0.25) is 5.90 Å². The van der Waals surface area contributed by atoms with Gasteiger partial charge in [-0.05, 0) is 24.3 Å². The first-order valence-electron chi connectivity index (χ1n) is 7.88. The topological polar surface area (TPSA) is 72.7 Å². The molecule has 11 heteroatoms. The van der Waals surface area contributed by atoms with E-state index in [9.17, 15) is 18.0 Å². The first-order chi connectivity index (χ1) is 12.8. The number of amidine groups is 1. The summed E-state index contributed by atoms with van der Waals surface area (Å²) in [4.78, 5) is 20.6. The molecule has 2 heterocycles. The molecule has 2 aliphatic heterocycles. The molecule has 0 radical (unpaired) electrons. The molecular formula is C16H15ClF3N3O4. The van der Waals surface area contributed by atoms with Crippen molar-refractivity contribution in [2.24, 2.45) is 9.98 Å². The van der Waals surface area contributed by atoms with Gasteiger partial charge in [-0.15, -0.1) is 0 Å². The highest BCUT2D eigenvalue weighted by molar-refractivity contribution is 6.30. The summed E-state index contributed by atoms with van der Waals surface area (Å²) in [6.07, 6.45) is -5.14. The highest BCUT2D eigenvalue weighted by Crippen LogP contribution is 2.39. The Morgan fingerprint density at radius 2 is 1.85 bits per heavy atom. The second-order valence-corrected chi connectivity index (χ2v) is 6.12. The number of rotatable bonds is 2. The predicted molar refractivity (Wildman–Crippen MR) is 89.7 cm³/mol. The Hall–Kier alpha value is -2.33. The number of carbonyl (C=O) groups is 1. The summed E-state index contributed by atoms with van der Waals surface area (Å²) in [6, 6.07) is 5.43. The minimum atomic E-state index is -5.14. The van der Waals surface area contributed by atoms with Crippen molar-refractivity contribution in [1.82, 2.24) is 4.90 Å². The molecule has 146 valence electrons. The molecule has 0 aliphatic carbocycles. The number of nitrogens with zero attached hydrogens (tertiary/aromatic N) is 3. The molecule has 0 amide bonds. The summed E-state index contributed by atoms with van der Waals surface area (Å²) in [5.41, 5.74) is -3.25. The van der Waals surface area contributed by atoms with Crippen molar-refractivity contribution in [3.63, 3.8) is 0 Å². The van der Waals surface area contributed by atoms with Gasteiger partial charge in [-0.3, -0.25) is 0 Å². The van der Waals surface area contributed by atoms with Gasteiger partial charge in [0.15, 0.2) is 0 Å². The van der Waals surface area contributed by atoms with Crippen LogP contribution in [0.3, 0.4) is 0 Å². The van der Waals surface area contributed by atoms with Crippen LogP contribution in [0.4, 0.5) is 13.2 Å². The summed E-state index contributed by atoms with van der Waals surface area (Å²) in [6.45, 7) is 1.07. The minimum absolute atomic E-state index is 0.206. The Kier molecular flexibility index (Phi) is 5.29. The Labute approximate surface area is 157 Å². The molecule has 27 heavy (non-hydrogen) atoms. The second kappa shape index (κ2) is 7.35. The first kappa shape index (κ1) is 19.4. The zero-order valence-electron chi connectivity index (χ0n) is 14.1. The standard InChI is InChI=1S/C16H15ClF3N3O4/c1-25-13(24)15(16(18,19)20)21-12(10-2-4-11(17)5-3-10)27-14(22-15)23-6-8-26-9-7-23/h2-5H,6-9H2,1H3/t15-/m0/s1. The third-order valence-electron chi connectivity index (χ3n) is 3.95. The van der Waals surface area contributed by atoms with E-state index in [-0.39, 0.29) is 37.9 Å². The van der Waals surface area contributed by atoms with Gasteiger partial charge in [-0.25, -0.2) is 4.79 Å². The van der Waals surface area contributed by atoms with E-state index in [2.05, 4.69) is 14.7 Å². The van der Waals surface area contributed by atoms with Crippen LogP contribution in [0.1, 0.15) is 5.56 Å². The zero-order valence-corrected chi connectivity index (χ0v) is 14.9. The van der Waals surface area contributed by atoms with Gasteiger partial charge in [-0.1, -0.05) is 11.6 Å². The van der Waals surface area contributed by atoms with Gasteiger partial charge in [0.25, 0.3) is 6.02 Å². The summed E-state index contributed by atoms with van der Waals surface area (Å²) >= 11 is 5.82. The molecule has 0 N–H and O–H groups in total. The summed E-state index contributed by atoms with van der Waals surface area (Å²) in [5, 5.41) is 0.382. The molecule has 3 rings (SSSR count). The van der Waals surface area contributed by atoms with Gasteiger partial charge in [0, 0.05) is 23.7 Å². The number of ether oxygens (including phenoxy) is 3. The third-order valence-corrected chi connectivity index (χ3v) is 4.20. The lowest BCUT2D eigenvalue weighted by molar-refractivity contribution is -0.202. The van der Waals surface area contributed by atoms with Crippen LogP contribution in [0.2, 0.25) is 5.02 Å². The lowest BCUT2D eigenvalue weighted by Crippen LogP contribution is -2.55. The molecule has 0 unspecified atom stereocenters. The van der Waals surface area contributed by atoms with Gasteiger partial charge in [0.05, 0.1) is 20.3 Å². The highest BCUT2D eigenvalue weighted by Gasteiger charge is 2.65. The van der Waals surface area contributed by atoms with E-state index in [0.717, 1.165) is 7.11 Å². The van der Waals surface area contributed by atoms with Crippen LogP contribution >= 0.6 is 11.6 Å². The molecule has 0 bridgehead atoms. The van der Waals surface area contributed by atoms with E-state index < -0.39 is 23.7 Å². The van der Waals surface area contributed by atoms with E-state index in [4.69, 9.17) is 21.1 Å². The molecule has 1 saturated heterocycles. The largest absolute Gasteiger partial charge is 0.465 e. The van der Waals surface area contributed by atoms with E-state index in [1.165, 1.54) is 29.2 Å². The summed E-state index contributed by atoms with van der Waals surface area (Å²) in [5.74, 6) is -2.07. The van der Waals surface area contributed by atoms with Crippen molar-refractivity contribution in [1.29, 1.82) is 0 Å². The molecular weight excluding hydrogens is 391 g/mol. The fourth-order valence-electron chi connectivity index (χ4n) is 2.52. The Morgan fingerprint density at radius 3 is 2.41 bits per heavy atom. The zero-order chi connectivity index (χ0) is 19.7. The maximum Gasteiger partial charge on any atom is 0.446 e. The van der Waals surface area contributed by atoms with E-state index in [0.29, 0.717) is 5.02 Å². The third kappa shape index (κ3) is 3.72. The number of aliphatic imine (C=N–C) groups is 2. The number of hydrogen-bond acceptors (Lipinski definition) is 7. The molecule has 0 spiro atoms. The van der Waals surface area contributed by atoms with Crippen molar-refractivity contribution in [3.05, 3.63) is 34.9 Å². The second-order valence-electron chi connectivity index (χ2n) is 5.68. The Balaban J connectivity index is 2.12. The maximum atomic E-state index is 13.9. The smallest absolute Gasteiger partial charge is 0.446 e. The normalized spacial score (nSPS) is 23.2. The Morgan fingerprint density at radius 1 is 1.22 bits per heavy atom. The molecule has 1 fully saturated rings. The number of methoxy groups -OCH3 is 1. The van der Waals surface area contributed by atoms with E-state index >= 15 is 0 Å². The van der Waals surface area contributed by atoms with Crippen molar-refractivity contribution in [3.8, 4) is 0 Å². The number of alkyl halides is 3. The SMILES string of the molecule is COC(=O)[C@]1(C(F)(F)F)N=C(c2ccc(Cl)cc2)OC(N2CCOCC2)=N1. The van der Waals surface area contributed by atoms with Gasteiger partial charge in [-0.2, -0.15) is 23.2 Å². The van der Waals surface area contributed by atoms with Crippen molar-refractivity contribution in [2.75, 3.05) is 33.4 Å². The number of carbonyl (C=O) groups excluding carboxylic acids is 1. The van der Waals surface area contributed by atoms with Crippen LogP contribution < -0.4 is 0 Å². The van der Waals surface area contributed by atoms with Crippen molar-refractivity contribution in [2.45, 2.75) is 11.8 Å².